The first-order valence-corrected chi connectivity index (χ1v) is 9.11. The number of amides is 2. The summed E-state index contributed by atoms with van der Waals surface area (Å²) >= 11 is 0. The number of benzene rings is 1. The molecule has 3 saturated heterocycles. The molecule has 2 amide bonds. The van der Waals surface area contributed by atoms with Crippen LogP contribution in [0.15, 0.2) is 30.3 Å². The van der Waals surface area contributed by atoms with Gasteiger partial charge in [0.05, 0.1) is 12.6 Å². The molecule has 0 spiro atoms. The monoisotopic (exact) mass is 343 g/mol. The van der Waals surface area contributed by atoms with Crippen LogP contribution in [0.2, 0.25) is 0 Å². The number of ether oxygens (including phenoxy) is 1. The van der Waals surface area contributed by atoms with Crippen molar-refractivity contribution in [2.45, 2.75) is 37.5 Å². The van der Waals surface area contributed by atoms with Gasteiger partial charge in [-0.3, -0.25) is 14.5 Å². The Bertz CT molecular complexity index is 645. The smallest absolute Gasteiger partial charge is 0.240 e. The summed E-state index contributed by atoms with van der Waals surface area (Å²) in [7, 11) is 1.83. The van der Waals surface area contributed by atoms with Gasteiger partial charge in [-0.05, 0) is 24.8 Å². The summed E-state index contributed by atoms with van der Waals surface area (Å²) in [6, 6.07) is 10.1. The highest BCUT2D eigenvalue weighted by molar-refractivity contribution is 5.87. The van der Waals surface area contributed by atoms with E-state index in [1.165, 1.54) is 0 Å². The molecule has 25 heavy (non-hydrogen) atoms. The van der Waals surface area contributed by atoms with E-state index in [-0.39, 0.29) is 30.1 Å². The third kappa shape index (κ3) is 2.93. The van der Waals surface area contributed by atoms with E-state index in [4.69, 9.17) is 4.74 Å². The standard InChI is InChI=1S/C19H25N3O3/c1-20-17(23)13-22(18(20)14-5-3-2-4-6-14)16-7-10-21(19(16)24)15-8-11-25-12-9-15/h2-6,15-16,18H,7-13H2,1H3. The highest BCUT2D eigenvalue weighted by Gasteiger charge is 2.47. The summed E-state index contributed by atoms with van der Waals surface area (Å²) in [5.74, 6) is 0.252. The van der Waals surface area contributed by atoms with Gasteiger partial charge in [-0.15, -0.1) is 0 Å². The molecular weight excluding hydrogens is 318 g/mol. The van der Waals surface area contributed by atoms with E-state index >= 15 is 0 Å². The van der Waals surface area contributed by atoms with Crippen LogP contribution >= 0.6 is 0 Å². The normalized spacial score (nSPS) is 29.0. The Kier molecular flexibility index (Phi) is 4.48. The second-order valence-electron chi connectivity index (χ2n) is 7.14. The molecule has 4 rings (SSSR count). The molecule has 6 nitrogen and oxygen atoms in total. The van der Waals surface area contributed by atoms with Crippen molar-refractivity contribution in [1.82, 2.24) is 14.7 Å². The number of carbonyl (C=O) groups is 2. The minimum atomic E-state index is -0.207. The molecular formula is C19H25N3O3. The van der Waals surface area contributed by atoms with Crippen molar-refractivity contribution in [2.75, 3.05) is 33.4 Å². The molecule has 2 atom stereocenters. The fraction of sp³-hybridized carbons (Fsp3) is 0.579. The first kappa shape index (κ1) is 16.5. The lowest BCUT2D eigenvalue weighted by Gasteiger charge is -2.34. The molecule has 134 valence electrons. The number of hydrogen-bond donors (Lipinski definition) is 0. The Morgan fingerprint density at radius 3 is 2.48 bits per heavy atom. The Balaban J connectivity index is 1.55. The molecule has 0 N–H and O–H groups in total. The number of carbonyl (C=O) groups excluding carboxylic acids is 2. The number of hydrogen-bond acceptors (Lipinski definition) is 4. The molecule has 3 fully saturated rings. The zero-order valence-corrected chi connectivity index (χ0v) is 14.6. The average molecular weight is 343 g/mol. The molecule has 0 saturated carbocycles. The van der Waals surface area contributed by atoms with Crippen LogP contribution in [0.3, 0.4) is 0 Å². The lowest BCUT2D eigenvalue weighted by Crippen LogP contribution is -2.46. The summed E-state index contributed by atoms with van der Waals surface area (Å²) < 4.78 is 5.42. The first-order valence-electron chi connectivity index (χ1n) is 9.11. The number of likely N-dealkylation sites (N-methyl/N-ethyl adjacent to an activating group) is 1. The van der Waals surface area contributed by atoms with E-state index in [0.29, 0.717) is 6.54 Å². The van der Waals surface area contributed by atoms with Gasteiger partial charge in [-0.2, -0.15) is 0 Å². The fourth-order valence-electron chi connectivity index (χ4n) is 4.39. The van der Waals surface area contributed by atoms with Gasteiger partial charge in [0.15, 0.2) is 0 Å². The Labute approximate surface area is 148 Å². The van der Waals surface area contributed by atoms with Gasteiger partial charge in [0.1, 0.15) is 6.17 Å². The van der Waals surface area contributed by atoms with E-state index in [1.54, 1.807) is 4.90 Å². The lowest BCUT2D eigenvalue weighted by molar-refractivity contribution is -0.136. The van der Waals surface area contributed by atoms with Crippen LogP contribution in [-0.4, -0.2) is 71.9 Å². The highest BCUT2D eigenvalue weighted by Crippen LogP contribution is 2.35. The summed E-state index contributed by atoms with van der Waals surface area (Å²) in [6.07, 6.45) is 2.47. The zero-order chi connectivity index (χ0) is 17.4. The van der Waals surface area contributed by atoms with Crippen LogP contribution in [0, 0.1) is 0 Å². The van der Waals surface area contributed by atoms with E-state index in [9.17, 15) is 9.59 Å². The predicted molar refractivity (Wildman–Crippen MR) is 92.6 cm³/mol. The molecule has 0 radical (unpaired) electrons. The van der Waals surface area contributed by atoms with Gasteiger partial charge in [0.25, 0.3) is 0 Å². The molecule has 2 unspecified atom stereocenters. The van der Waals surface area contributed by atoms with Crippen LogP contribution in [0.4, 0.5) is 0 Å². The molecule has 0 aliphatic carbocycles. The van der Waals surface area contributed by atoms with Gasteiger partial charge in [-0.1, -0.05) is 30.3 Å². The van der Waals surface area contributed by atoms with Crippen molar-refractivity contribution in [3.63, 3.8) is 0 Å². The molecule has 0 aromatic heterocycles. The highest BCUT2D eigenvalue weighted by atomic mass is 16.5. The molecule has 3 aliphatic rings. The zero-order valence-electron chi connectivity index (χ0n) is 14.6. The van der Waals surface area contributed by atoms with Gasteiger partial charge in [-0.25, -0.2) is 0 Å². The summed E-state index contributed by atoms with van der Waals surface area (Å²) in [6.45, 7) is 2.56. The van der Waals surface area contributed by atoms with Crippen molar-refractivity contribution < 1.29 is 14.3 Å². The first-order chi connectivity index (χ1) is 12.2. The van der Waals surface area contributed by atoms with Crippen molar-refractivity contribution in [2.24, 2.45) is 0 Å². The quantitative estimate of drug-likeness (QED) is 0.829. The van der Waals surface area contributed by atoms with E-state index in [0.717, 1.165) is 44.6 Å². The lowest BCUT2D eigenvalue weighted by atomic mass is 10.1. The van der Waals surface area contributed by atoms with Crippen molar-refractivity contribution in [3.8, 4) is 0 Å². The van der Waals surface area contributed by atoms with Crippen molar-refractivity contribution in [3.05, 3.63) is 35.9 Å². The van der Waals surface area contributed by atoms with Crippen LogP contribution in [0.1, 0.15) is 31.0 Å². The summed E-state index contributed by atoms with van der Waals surface area (Å²) in [5, 5.41) is 0. The van der Waals surface area contributed by atoms with Gasteiger partial charge >= 0.3 is 0 Å². The minimum Gasteiger partial charge on any atom is -0.381 e. The van der Waals surface area contributed by atoms with Crippen molar-refractivity contribution >= 4 is 11.8 Å². The molecule has 1 aromatic carbocycles. The van der Waals surface area contributed by atoms with Crippen LogP contribution in [-0.2, 0) is 14.3 Å². The minimum absolute atomic E-state index is 0.0752. The van der Waals surface area contributed by atoms with Gasteiger partial charge in [0, 0.05) is 32.8 Å². The predicted octanol–water partition coefficient (Wildman–Crippen LogP) is 1.24. The van der Waals surface area contributed by atoms with Crippen LogP contribution < -0.4 is 0 Å². The Morgan fingerprint density at radius 1 is 1.04 bits per heavy atom. The van der Waals surface area contributed by atoms with E-state index < -0.39 is 0 Å². The summed E-state index contributed by atoms with van der Waals surface area (Å²) in [4.78, 5) is 31.3. The van der Waals surface area contributed by atoms with Gasteiger partial charge in [0.2, 0.25) is 11.8 Å². The fourth-order valence-corrected chi connectivity index (χ4v) is 4.39. The third-order valence-electron chi connectivity index (χ3n) is 5.73. The molecule has 1 aromatic rings. The maximum Gasteiger partial charge on any atom is 0.240 e. The number of rotatable bonds is 3. The van der Waals surface area contributed by atoms with Crippen LogP contribution in [0.5, 0.6) is 0 Å². The Morgan fingerprint density at radius 2 is 1.76 bits per heavy atom. The van der Waals surface area contributed by atoms with Crippen molar-refractivity contribution in [1.29, 1.82) is 0 Å². The van der Waals surface area contributed by atoms with E-state index in [2.05, 4.69) is 4.90 Å². The molecule has 3 heterocycles. The number of nitrogens with zero attached hydrogens (tertiary/aromatic N) is 3. The second kappa shape index (κ2) is 6.77. The maximum absolute atomic E-state index is 13.1. The van der Waals surface area contributed by atoms with Gasteiger partial charge < -0.3 is 14.5 Å². The SMILES string of the molecule is CN1C(=O)CN(C2CCN(C3CCOCC3)C2=O)C1c1ccccc1. The third-order valence-corrected chi connectivity index (χ3v) is 5.73. The topological polar surface area (TPSA) is 53.1 Å². The second-order valence-corrected chi connectivity index (χ2v) is 7.14. The average Bonchev–Trinajstić information content (AvgIpc) is 3.16. The van der Waals surface area contributed by atoms with E-state index in [1.807, 2.05) is 42.3 Å². The maximum atomic E-state index is 13.1. The Hall–Kier alpha value is -1.92. The largest absolute Gasteiger partial charge is 0.381 e. The number of likely N-dealkylation sites (tertiary alicyclic amines) is 1. The van der Waals surface area contributed by atoms with Crippen LogP contribution in [0.25, 0.3) is 0 Å². The summed E-state index contributed by atoms with van der Waals surface area (Å²) in [5.41, 5.74) is 1.06. The molecule has 0 bridgehead atoms. The molecule has 6 heteroatoms. The molecule has 3 aliphatic heterocycles.